The van der Waals surface area contributed by atoms with E-state index in [2.05, 4.69) is 41.5 Å². The summed E-state index contributed by atoms with van der Waals surface area (Å²) in [5.41, 5.74) is 0. The first-order chi connectivity index (χ1) is 11.1. The molecule has 6 heteroatoms. The minimum absolute atomic E-state index is 0.0768. The molecule has 1 fully saturated rings. The van der Waals surface area contributed by atoms with Crippen LogP contribution in [-0.4, -0.2) is 40.6 Å². The first kappa shape index (κ1) is 19.3. The SMILES string of the molecule is C/C=C(/OC)O[C@@H]1C=CO[C@@H]2CO[Si](C(C)(C)C)(C(C)(C)C)O[C@H]12. The van der Waals surface area contributed by atoms with Gasteiger partial charge in [-0.15, -0.1) is 0 Å². The topological polar surface area (TPSA) is 46.2 Å². The van der Waals surface area contributed by atoms with Gasteiger partial charge in [-0.2, -0.15) is 0 Å². The molecule has 0 aliphatic carbocycles. The molecule has 0 bridgehead atoms. The Kier molecular flexibility index (Phi) is 5.42. The molecule has 1 saturated heterocycles. The molecule has 0 radical (unpaired) electrons. The zero-order valence-electron chi connectivity index (χ0n) is 16.2. The van der Waals surface area contributed by atoms with E-state index in [1.54, 1.807) is 19.4 Å². The van der Waals surface area contributed by atoms with Crippen LogP contribution in [0.3, 0.4) is 0 Å². The van der Waals surface area contributed by atoms with Crippen LogP contribution < -0.4 is 0 Å². The van der Waals surface area contributed by atoms with Crippen LogP contribution in [0.4, 0.5) is 0 Å². The van der Waals surface area contributed by atoms with Crippen molar-refractivity contribution in [3.05, 3.63) is 24.4 Å². The molecule has 3 atom stereocenters. The van der Waals surface area contributed by atoms with Gasteiger partial charge < -0.3 is 23.1 Å². The Balaban J connectivity index is 2.33. The monoisotopic (exact) mass is 356 g/mol. The van der Waals surface area contributed by atoms with Gasteiger partial charge in [0.25, 0.3) is 5.95 Å². The fourth-order valence-electron chi connectivity index (χ4n) is 3.71. The highest BCUT2D eigenvalue weighted by Crippen LogP contribution is 2.54. The molecular weight excluding hydrogens is 324 g/mol. The number of rotatable bonds is 3. The zero-order chi connectivity index (χ0) is 18.2. The molecule has 0 aromatic heterocycles. The van der Waals surface area contributed by atoms with Crippen LogP contribution >= 0.6 is 0 Å². The van der Waals surface area contributed by atoms with E-state index in [1.807, 2.05) is 13.0 Å². The van der Waals surface area contributed by atoms with Gasteiger partial charge in [0.15, 0.2) is 6.10 Å². The summed E-state index contributed by atoms with van der Waals surface area (Å²) in [6.45, 7) is 15.6. The lowest BCUT2D eigenvalue weighted by Gasteiger charge is -2.55. The Hall–Kier alpha value is -0.983. The summed E-state index contributed by atoms with van der Waals surface area (Å²) in [5.74, 6) is 0.485. The largest absolute Gasteiger partial charge is 0.493 e. The van der Waals surface area contributed by atoms with Gasteiger partial charge in [-0.3, -0.25) is 0 Å². The van der Waals surface area contributed by atoms with E-state index in [0.717, 1.165) is 0 Å². The van der Waals surface area contributed by atoms with Gasteiger partial charge in [0.05, 0.1) is 20.0 Å². The summed E-state index contributed by atoms with van der Waals surface area (Å²) in [4.78, 5) is 0. The number of fused-ring (bicyclic) bond motifs is 1. The molecule has 5 nitrogen and oxygen atoms in total. The van der Waals surface area contributed by atoms with Gasteiger partial charge in [0.2, 0.25) is 0 Å². The van der Waals surface area contributed by atoms with Gasteiger partial charge >= 0.3 is 8.56 Å². The number of allylic oxidation sites excluding steroid dienone is 1. The molecule has 0 N–H and O–H groups in total. The lowest BCUT2D eigenvalue weighted by atomic mass is 10.1. The first-order valence-electron chi connectivity index (χ1n) is 8.56. The van der Waals surface area contributed by atoms with E-state index in [-0.39, 0.29) is 28.4 Å². The fraction of sp³-hybridized carbons (Fsp3) is 0.778. The number of ether oxygens (including phenoxy) is 3. The maximum Gasteiger partial charge on any atom is 0.349 e. The van der Waals surface area contributed by atoms with Crippen molar-refractivity contribution in [1.82, 2.24) is 0 Å². The Morgan fingerprint density at radius 2 is 1.79 bits per heavy atom. The zero-order valence-corrected chi connectivity index (χ0v) is 17.2. The summed E-state index contributed by atoms with van der Waals surface area (Å²) >= 11 is 0. The van der Waals surface area contributed by atoms with Crippen LogP contribution in [0.5, 0.6) is 0 Å². The molecule has 0 unspecified atom stereocenters. The predicted octanol–water partition coefficient (Wildman–Crippen LogP) is 4.25. The first-order valence-corrected chi connectivity index (χ1v) is 10.4. The van der Waals surface area contributed by atoms with Gasteiger partial charge in [-0.05, 0) is 19.1 Å². The van der Waals surface area contributed by atoms with Gasteiger partial charge in [-0.1, -0.05) is 41.5 Å². The molecule has 24 heavy (non-hydrogen) atoms. The van der Waals surface area contributed by atoms with Gasteiger partial charge in [0, 0.05) is 10.1 Å². The highest BCUT2D eigenvalue weighted by molar-refractivity contribution is 6.73. The average molecular weight is 357 g/mol. The smallest absolute Gasteiger partial charge is 0.349 e. The highest BCUT2D eigenvalue weighted by Gasteiger charge is 2.63. The molecule has 2 aliphatic rings. The van der Waals surface area contributed by atoms with Crippen molar-refractivity contribution >= 4 is 8.56 Å². The van der Waals surface area contributed by atoms with Crippen molar-refractivity contribution < 1.29 is 23.1 Å². The number of methoxy groups -OCH3 is 1. The second-order valence-corrected chi connectivity index (χ2v) is 13.2. The molecule has 2 rings (SSSR count). The Bertz CT molecular complexity index is 487. The third kappa shape index (κ3) is 3.37. The number of hydrogen-bond donors (Lipinski definition) is 0. The molecule has 0 aromatic rings. The number of hydrogen-bond acceptors (Lipinski definition) is 5. The average Bonchev–Trinajstić information content (AvgIpc) is 2.50. The summed E-state index contributed by atoms with van der Waals surface area (Å²) < 4.78 is 30.1. The van der Waals surface area contributed by atoms with Crippen molar-refractivity contribution in [3.8, 4) is 0 Å². The molecule has 138 valence electrons. The lowest BCUT2D eigenvalue weighted by molar-refractivity contribution is -0.138. The normalized spacial score (nSPS) is 30.3. The summed E-state index contributed by atoms with van der Waals surface area (Å²) in [6, 6.07) is 0. The molecule has 0 aromatic carbocycles. The van der Waals surface area contributed by atoms with Crippen LogP contribution in [0.25, 0.3) is 0 Å². The molecule has 0 saturated carbocycles. The third-order valence-electron chi connectivity index (χ3n) is 4.63. The summed E-state index contributed by atoms with van der Waals surface area (Å²) in [5, 5.41) is -0.154. The second-order valence-electron chi connectivity index (χ2n) is 8.41. The van der Waals surface area contributed by atoms with Gasteiger partial charge in [-0.25, -0.2) is 0 Å². The highest BCUT2D eigenvalue weighted by atomic mass is 28.4. The minimum atomic E-state index is -2.56. The molecular formula is C18H32O5Si. The lowest BCUT2D eigenvalue weighted by Crippen LogP contribution is -2.67. The molecule has 2 heterocycles. The van der Waals surface area contributed by atoms with Crippen molar-refractivity contribution in [1.29, 1.82) is 0 Å². The molecule has 0 amide bonds. The maximum atomic E-state index is 6.74. The predicted molar refractivity (Wildman–Crippen MR) is 95.7 cm³/mol. The molecule has 2 aliphatic heterocycles. The Morgan fingerprint density at radius 3 is 2.29 bits per heavy atom. The van der Waals surface area contributed by atoms with E-state index >= 15 is 0 Å². The second kappa shape index (κ2) is 6.73. The van der Waals surface area contributed by atoms with Crippen molar-refractivity contribution in [2.24, 2.45) is 0 Å². The van der Waals surface area contributed by atoms with Crippen molar-refractivity contribution in [2.75, 3.05) is 13.7 Å². The van der Waals surface area contributed by atoms with E-state index in [4.69, 9.17) is 23.1 Å². The van der Waals surface area contributed by atoms with Crippen LogP contribution in [0.1, 0.15) is 48.5 Å². The van der Waals surface area contributed by atoms with Crippen molar-refractivity contribution in [3.63, 3.8) is 0 Å². The van der Waals surface area contributed by atoms with Gasteiger partial charge in [0.1, 0.15) is 12.2 Å². The minimum Gasteiger partial charge on any atom is -0.493 e. The quantitative estimate of drug-likeness (QED) is 0.559. The Morgan fingerprint density at radius 1 is 1.17 bits per heavy atom. The fourth-order valence-corrected chi connectivity index (χ4v) is 8.67. The summed E-state index contributed by atoms with van der Waals surface area (Å²) in [7, 11) is -0.960. The third-order valence-corrected chi connectivity index (χ3v) is 9.76. The van der Waals surface area contributed by atoms with Crippen molar-refractivity contribution in [2.45, 2.75) is 76.9 Å². The Labute approximate surface area is 147 Å². The maximum absolute atomic E-state index is 6.74. The van der Waals surface area contributed by atoms with Crippen LogP contribution in [0.2, 0.25) is 10.1 Å². The van der Waals surface area contributed by atoms with E-state index in [0.29, 0.717) is 12.6 Å². The van der Waals surface area contributed by atoms with Crippen LogP contribution in [0.15, 0.2) is 24.4 Å². The van der Waals surface area contributed by atoms with E-state index < -0.39 is 8.56 Å². The molecule has 0 spiro atoms. The van der Waals surface area contributed by atoms with Crippen LogP contribution in [-0.2, 0) is 23.1 Å². The summed E-state index contributed by atoms with van der Waals surface area (Å²) in [6.07, 6.45) is 4.73. The standard InChI is InChI=1S/C18H32O5Si/c1-9-15(19-8)22-13-10-11-20-14-12-21-24(17(2,3)4,18(5,6)7)23-16(13)14/h9-11,13-14,16H,12H2,1-8H3/b15-9-/t13-,14-,16-/m1/s1. The van der Waals surface area contributed by atoms with E-state index in [1.165, 1.54) is 0 Å². The van der Waals surface area contributed by atoms with E-state index in [9.17, 15) is 0 Å². The van der Waals surface area contributed by atoms with Crippen LogP contribution in [0, 0.1) is 0 Å².